The second-order valence-corrected chi connectivity index (χ2v) is 4.92. The molecule has 21 heavy (non-hydrogen) atoms. The van der Waals surface area contributed by atoms with Crippen LogP contribution in [0.2, 0.25) is 0 Å². The zero-order valence-electron chi connectivity index (χ0n) is 11.4. The van der Waals surface area contributed by atoms with Gasteiger partial charge >= 0.3 is 0 Å². The maximum absolute atomic E-state index is 11.4. The van der Waals surface area contributed by atoms with E-state index in [1.54, 1.807) is 6.07 Å². The van der Waals surface area contributed by atoms with Crippen molar-refractivity contribution < 1.29 is 9.53 Å². The fourth-order valence-corrected chi connectivity index (χ4v) is 2.36. The van der Waals surface area contributed by atoms with Gasteiger partial charge < -0.3 is 10.1 Å². The summed E-state index contributed by atoms with van der Waals surface area (Å²) in [7, 11) is 0. The number of nitrogens with zero attached hydrogens (tertiary/aromatic N) is 1. The van der Waals surface area contributed by atoms with Crippen LogP contribution in [-0.4, -0.2) is 5.91 Å². The summed E-state index contributed by atoms with van der Waals surface area (Å²) in [5.41, 5.74) is 3.40. The first-order valence-corrected chi connectivity index (χ1v) is 6.80. The molecule has 4 heteroatoms. The molecule has 0 atom stereocenters. The highest BCUT2D eigenvalue weighted by atomic mass is 16.5. The molecule has 1 aliphatic heterocycles. The average molecular weight is 278 g/mol. The molecule has 0 spiro atoms. The summed E-state index contributed by atoms with van der Waals surface area (Å²) >= 11 is 0. The van der Waals surface area contributed by atoms with E-state index < -0.39 is 0 Å². The molecule has 1 aliphatic rings. The molecule has 0 unspecified atom stereocenters. The SMILES string of the molecule is N#Cc1ccccc1COc1ccc2c(c1)NC(=O)CC2. The number of anilines is 1. The smallest absolute Gasteiger partial charge is 0.224 e. The Kier molecular flexibility index (Phi) is 3.57. The number of rotatable bonds is 3. The van der Waals surface area contributed by atoms with Gasteiger partial charge in [-0.05, 0) is 24.1 Å². The Morgan fingerprint density at radius 2 is 2.05 bits per heavy atom. The fourth-order valence-electron chi connectivity index (χ4n) is 2.36. The maximum atomic E-state index is 11.4. The number of hydrogen-bond donors (Lipinski definition) is 1. The number of fused-ring (bicyclic) bond motifs is 1. The maximum Gasteiger partial charge on any atom is 0.224 e. The molecule has 1 heterocycles. The quantitative estimate of drug-likeness (QED) is 0.938. The van der Waals surface area contributed by atoms with Crippen LogP contribution in [0.15, 0.2) is 42.5 Å². The van der Waals surface area contributed by atoms with E-state index in [1.165, 1.54) is 0 Å². The Labute approximate surface area is 123 Å². The number of hydrogen-bond acceptors (Lipinski definition) is 3. The molecule has 4 nitrogen and oxygen atoms in total. The summed E-state index contributed by atoms with van der Waals surface area (Å²) in [6, 6.07) is 15.2. The summed E-state index contributed by atoms with van der Waals surface area (Å²) in [6.45, 7) is 0.330. The van der Waals surface area contributed by atoms with Crippen LogP contribution in [-0.2, 0) is 17.8 Å². The van der Waals surface area contributed by atoms with Crippen LogP contribution in [0, 0.1) is 11.3 Å². The van der Waals surface area contributed by atoms with Crippen molar-refractivity contribution in [1.82, 2.24) is 0 Å². The van der Waals surface area contributed by atoms with E-state index in [0.29, 0.717) is 24.3 Å². The van der Waals surface area contributed by atoms with E-state index in [4.69, 9.17) is 10.00 Å². The molecule has 1 amide bonds. The number of carbonyl (C=O) groups is 1. The lowest BCUT2D eigenvalue weighted by Crippen LogP contribution is -2.18. The van der Waals surface area contributed by atoms with Gasteiger partial charge in [0.1, 0.15) is 12.4 Å². The summed E-state index contributed by atoms with van der Waals surface area (Å²) in [5, 5.41) is 11.9. The topological polar surface area (TPSA) is 62.1 Å². The zero-order valence-corrected chi connectivity index (χ0v) is 11.4. The Balaban J connectivity index is 1.76. The first kappa shape index (κ1) is 13.2. The Hall–Kier alpha value is -2.80. The van der Waals surface area contributed by atoms with Gasteiger partial charge in [-0.2, -0.15) is 5.26 Å². The highest BCUT2D eigenvalue weighted by molar-refractivity contribution is 5.94. The highest BCUT2D eigenvalue weighted by Crippen LogP contribution is 2.27. The molecule has 0 radical (unpaired) electrons. The first-order chi connectivity index (χ1) is 10.3. The third-order valence-electron chi connectivity index (χ3n) is 3.51. The standard InChI is InChI=1S/C17H14N2O2/c18-10-13-3-1-2-4-14(13)11-21-15-7-5-12-6-8-17(20)19-16(12)9-15/h1-5,7,9H,6,8,11H2,(H,19,20). The molecule has 0 aliphatic carbocycles. The lowest BCUT2D eigenvalue weighted by atomic mass is 10.0. The molecule has 104 valence electrons. The lowest BCUT2D eigenvalue weighted by Gasteiger charge is -2.17. The Morgan fingerprint density at radius 3 is 2.90 bits per heavy atom. The normalized spacial score (nSPS) is 13.0. The minimum absolute atomic E-state index is 0.0366. The fraction of sp³-hybridized carbons (Fsp3) is 0.176. The van der Waals surface area contributed by atoms with E-state index in [2.05, 4.69) is 11.4 Å². The number of amides is 1. The summed E-state index contributed by atoms with van der Waals surface area (Å²) in [4.78, 5) is 11.4. The minimum atomic E-state index is 0.0366. The van der Waals surface area contributed by atoms with E-state index in [-0.39, 0.29) is 5.91 Å². The summed E-state index contributed by atoms with van der Waals surface area (Å²) in [5.74, 6) is 0.721. The number of aryl methyl sites for hydroxylation is 1. The summed E-state index contributed by atoms with van der Waals surface area (Å²) in [6.07, 6.45) is 1.29. The van der Waals surface area contributed by atoms with Crippen LogP contribution in [0.3, 0.4) is 0 Å². The van der Waals surface area contributed by atoms with Crippen molar-refractivity contribution in [2.45, 2.75) is 19.4 Å². The van der Waals surface area contributed by atoms with Gasteiger partial charge in [-0.15, -0.1) is 0 Å². The molecule has 2 aromatic rings. The van der Waals surface area contributed by atoms with Gasteiger partial charge in [0.2, 0.25) is 5.91 Å². The Morgan fingerprint density at radius 1 is 1.19 bits per heavy atom. The molecule has 3 rings (SSSR count). The zero-order chi connectivity index (χ0) is 14.7. The number of benzene rings is 2. The third-order valence-corrected chi connectivity index (χ3v) is 3.51. The predicted molar refractivity (Wildman–Crippen MR) is 78.9 cm³/mol. The van der Waals surface area contributed by atoms with Gasteiger partial charge in [-0.3, -0.25) is 4.79 Å². The molecule has 0 saturated carbocycles. The first-order valence-electron chi connectivity index (χ1n) is 6.80. The molecule has 2 aromatic carbocycles. The van der Waals surface area contributed by atoms with E-state index >= 15 is 0 Å². The molecule has 0 bridgehead atoms. The van der Waals surface area contributed by atoms with Gasteiger partial charge in [-0.25, -0.2) is 0 Å². The predicted octanol–water partition coefficient (Wildman–Crippen LogP) is 3.02. The van der Waals surface area contributed by atoms with Gasteiger partial charge in [-0.1, -0.05) is 24.3 Å². The molecule has 1 N–H and O–H groups in total. The molecule has 0 saturated heterocycles. The van der Waals surface area contributed by atoms with Crippen molar-refractivity contribution in [3.8, 4) is 11.8 Å². The van der Waals surface area contributed by atoms with Crippen molar-refractivity contribution in [2.24, 2.45) is 0 Å². The van der Waals surface area contributed by atoms with Crippen molar-refractivity contribution in [3.63, 3.8) is 0 Å². The largest absolute Gasteiger partial charge is 0.489 e. The second-order valence-electron chi connectivity index (χ2n) is 4.92. The van der Waals surface area contributed by atoms with E-state index in [9.17, 15) is 4.79 Å². The Bertz CT molecular complexity index is 732. The van der Waals surface area contributed by atoms with Crippen LogP contribution in [0.25, 0.3) is 0 Å². The van der Waals surface area contributed by atoms with Crippen LogP contribution in [0.5, 0.6) is 5.75 Å². The number of carbonyl (C=O) groups excluding carboxylic acids is 1. The molecule has 0 aromatic heterocycles. The van der Waals surface area contributed by atoms with E-state index in [0.717, 1.165) is 23.2 Å². The lowest BCUT2D eigenvalue weighted by molar-refractivity contribution is -0.116. The van der Waals surface area contributed by atoms with Crippen LogP contribution in [0.1, 0.15) is 23.1 Å². The van der Waals surface area contributed by atoms with Gasteiger partial charge in [0.05, 0.1) is 11.6 Å². The van der Waals surface area contributed by atoms with Crippen LogP contribution < -0.4 is 10.1 Å². The van der Waals surface area contributed by atoms with Crippen molar-refractivity contribution in [3.05, 3.63) is 59.2 Å². The van der Waals surface area contributed by atoms with Gasteiger partial charge in [0.15, 0.2) is 0 Å². The van der Waals surface area contributed by atoms with Gasteiger partial charge in [0, 0.05) is 23.7 Å². The average Bonchev–Trinajstić information content (AvgIpc) is 2.52. The van der Waals surface area contributed by atoms with E-state index in [1.807, 2.05) is 36.4 Å². The van der Waals surface area contributed by atoms with Crippen LogP contribution >= 0.6 is 0 Å². The monoisotopic (exact) mass is 278 g/mol. The van der Waals surface area contributed by atoms with Gasteiger partial charge in [0.25, 0.3) is 0 Å². The molecular formula is C17H14N2O2. The van der Waals surface area contributed by atoms with Crippen LogP contribution in [0.4, 0.5) is 5.69 Å². The second kappa shape index (κ2) is 5.68. The number of nitrogens with one attached hydrogen (secondary N) is 1. The number of nitriles is 1. The van der Waals surface area contributed by atoms with Crippen molar-refractivity contribution in [1.29, 1.82) is 5.26 Å². The number of ether oxygens (including phenoxy) is 1. The minimum Gasteiger partial charge on any atom is -0.489 e. The highest BCUT2D eigenvalue weighted by Gasteiger charge is 2.15. The summed E-state index contributed by atoms with van der Waals surface area (Å²) < 4.78 is 5.73. The van der Waals surface area contributed by atoms with Crippen molar-refractivity contribution in [2.75, 3.05) is 5.32 Å². The van der Waals surface area contributed by atoms with Crippen molar-refractivity contribution >= 4 is 11.6 Å². The molecular weight excluding hydrogens is 264 g/mol. The molecule has 0 fully saturated rings. The third kappa shape index (κ3) is 2.87.